The molecule has 0 saturated heterocycles. The van der Waals surface area contributed by atoms with E-state index in [1.165, 1.54) is 16.7 Å². The first-order valence-corrected chi connectivity index (χ1v) is 12.1. The van der Waals surface area contributed by atoms with Gasteiger partial charge in [0.25, 0.3) is 5.56 Å². The van der Waals surface area contributed by atoms with E-state index in [9.17, 15) is 14.0 Å². The van der Waals surface area contributed by atoms with E-state index < -0.39 is 11.4 Å². The van der Waals surface area contributed by atoms with E-state index in [0.717, 1.165) is 17.5 Å². The Labute approximate surface area is 210 Å². The van der Waals surface area contributed by atoms with Gasteiger partial charge in [-0.25, -0.2) is 9.37 Å². The molecular formula is C28H20FN3O3S. The van der Waals surface area contributed by atoms with Gasteiger partial charge in [0.15, 0.2) is 5.16 Å². The highest BCUT2D eigenvalue weighted by Crippen LogP contribution is 2.25. The molecule has 1 heterocycles. The summed E-state index contributed by atoms with van der Waals surface area (Å²) in [6.07, 6.45) is 0. The zero-order valence-corrected chi connectivity index (χ0v) is 19.7. The van der Waals surface area contributed by atoms with Gasteiger partial charge in [0.1, 0.15) is 17.3 Å². The molecule has 1 N–H and O–H groups in total. The van der Waals surface area contributed by atoms with Gasteiger partial charge >= 0.3 is 0 Å². The predicted octanol–water partition coefficient (Wildman–Crippen LogP) is 6.05. The molecule has 0 aliphatic heterocycles. The average molecular weight is 498 g/mol. The number of hydrogen-bond acceptors (Lipinski definition) is 5. The van der Waals surface area contributed by atoms with Crippen LogP contribution in [0.15, 0.2) is 113 Å². The van der Waals surface area contributed by atoms with Crippen molar-refractivity contribution >= 4 is 34.3 Å². The Kier molecular flexibility index (Phi) is 6.77. The summed E-state index contributed by atoms with van der Waals surface area (Å²) < 4.78 is 21.6. The van der Waals surface area contributed by atoms with Crippen LogP contribution in [0.1, 0.15) is 0 Å². The van der Waals surface area contributed by atoms with Crippen LogP contribution in [0.4, 0.5) is 10.1 Å². The average Bonchev–Trinajstić information content (AvgIpc) is 2.90. The second-order valence-corrected chi connectivity index (χ2v) is 8.72. The van der Waals surface area contributed by atoms with Crippen molar-refractivity contribution in [3.8, 4) is 17.2 Å². The minimum Gasteiger partial charge on any atom is -0.457 e. The molecule has 4 aromatic carbocycles. The van der Waals surface area contributed by atoms with Crippen molar-refractivity contribution < 1.29 is 13.9 Å². The summed E-state index contributed by atoms with van der Waals surface area (Å²) in [6, 6.07) is 29.2. The minimum absolute atomic E-state index is 0.0263. The smallest absolute Gasteiger partial charge is 0.266 e. The molecule has 8 heteroatoms. The van der Waals surface area contributed by atoms with Crippen LogP contribution in [0, 0.1) is 5.82 Å². The van der Waals surface area contributed by atoms with Gasteiger partial charge in [0.05, 0.1) is 22.3 Å². The van der Waals surface area contributed by atoms with Crippen LogP contribution < -0.4 is 15.6 Å². The Hall–Kier alpha value is -4.43. The first-order valence-electron chi connectivity index (χ1n) is 11.1. The van der Waals surface area contributed by atoms with Crippen LogP contribution in [-0.2, 0) is 4.79 Å². The fraction of sp³-hybridized carbons (Fsp3) is 0.0357. The molecule has 0 unspecified atom stereocenters. The molecule has 1 amide bonds. The molecule has 0 bridgehead atoms. The van der Waals surface area contributed by atoms with Crippen LogP contribution in [0.5, 0.6) is 11.5 Å². The number of anilines is 1. The predicted molar refractivity (Wildman–Crippen MR) is 140 cm³/mol. The van der Waals surface area contributed by atoms with E-state index in [0.29, 0.717) is 22.3 Å². The third-order valence-corrected chi connectivity index (χ3v) is 6.23. The van der Waals surface area contributed by atoms with E-state index in [-0.39, 0.29) is 22.5 Å². The number of ether oxygens (including phenoxy) is 1. The van der Waals surface area contributed by atoms with Crippen LogP contribution >= 0.6 is 11.8 Å². The summed E-state index contributed by atoms with van der Waals surface area (Å²) in [5.74, 6) is 0.485. The molecular weight excluding hydrogens is 477 g/mol. The number of para-hydroxylation sites is 3. The molecule has 0 saturated carbocycles. The van der Waals surface area contributed by atoms with Crippen molar-refractivity contribution in [2.45, 2.75) is 5.16 Å². The first kappa shape index (κ1) is 23.3. The summed E-state index contributed by atoms with van der Waals surface area (Å²) in [4.78, 5) is 30.5. The molecule has 0 radical (unpaired) electrons. The largest absolute Gasteiger partial charge is 0.457 e. The monoisotopic (exact) mass is 497 g/mol. The lowest BCUT2D eigenvalue weighted by molar-refractivity contribution is -0.113. The number of carbonyl (C=O) groups excluding carboxylic acids is 1. The number of halogens is 1. The highest BCUT2D eigenvalue weighted by atomic mass is 32.2. The number of carbonyl (C=O) groups is 1. The van der Waals surface area contributed by atoms with E-state index in [4.69, 9.17) is 4.74 Å². The van der Waals surface area contributed by atoms with Gasteiger partial charge in [0.2, 0.25) is 5.91 Å². The number of fused-ring (bicyclic) bond motifs is 1. The maximum atomic E-state index is 14.6. The normalized spacial score (nSPS) is 10.8. The Morgan fingerprint density at radius 3 is 2.31 bits per heavy atom. The van der Waals surface area contributed by atoms with Crippen molar-refractivity contribution in [2.24, 2.45) is 0 Å². The Morgan fingerprint density at radius 2 is 1.53 bits per heavy atom. The zero-order valence-electron chi connectivity index (χ0n) is 18.9. The summed E-state index contributed by atoms with van der Waals surface area (Å²) in [7, 11) is 0. The van der Waals surface area contributed by atoms with Crippen molar-refractivity contribution in [1.29, 1.82) is 0 Å². The molecule has 0 fully saturated rings. The molecule has 178 valence electrons. The maximum Gasteiger partial charge on any atom is 0.266 e. The molecule has 0 aliphatic carbocycles. The van der Waals surface area contributed by atoms with E-state index in [2.05, 4.69) is 10.3 Å². The standard InChI is InChI=1S/C28H20FN3O3S/c29-23-11-5-7-13-25(23)32-27(34)22-10-4-6-12-24(22)31-28(32)36-18-26(33)30-19-14-16-21(17-15-19)35-20-8-2-1-3-9-20/h1-17H,18H2,(H,30,33). The van der Waals surface area contributed by atoms with Gasteiger partial charge < -0.3 is 10.1 Å². The van der Waals surface area contributed by atoms with Crippen molar-refractivity contribution in [1.82, 2.24) is 9.55 Å². The number of hydrogen-bond donors (Lipinski definition) is 1. The Balaban J connectivity index is 1.33. The van der Waals surface area contributed by atoms with Crippen LogP contribution in [-0.4, -0.2) is 21.2 Å². The number of rotatable bonds is 7. The third-order valence-electron chi connectivity index (χ3n) is 5.29. The summed E-state index contributed by atoms with van der Waals surface area (Å²) in [5.41, 5.74) is 0.756. The third kappa shape index (κ3) is 5.13. The van der Waals surface area contributed by atoms with Gasteiger partial charge in [-0.15, -0.1) is 0 Å². The van der Waals surface area contributed by atoms with Crippen molar-refractivity contribution in [3.05, 3.63) is 119 Å². The van der Waals surface area contributed by atoms with Gasteiger partial charge in [-0.1, -0.05) is 54.2 Å². The lowest BCUT2D eigenvalue weighted by Gasteiger charge is -2.14. The quantitative estimate of drug-likeness (QED) is 0.219. The van der Waals surface area contributed by atoms with Crippen LogP contribution in [0.2, 0.25) is 0 Å². The van der Waals surface area contributed by atoms with E-state index >= 15 is 0 Å². The number of amides is 1. The van der Waals surface area contributed by atoms with Crippen molar-refractivity contribution in [2.75, 3.05) is 11.1 Å². The van der Waals surface area contributed by atoms with Crippen LogP contribution in [0.3, 0.4) is 0 Å². The molecule has 36 heavy (non-hydrogen) atoms. The number of aromatic nitrogens is 2. The molecule has 6 nitrogen and oxygen atoms in total. The van der Waals surface area contributed by atoms with Gasteiger partial charge in [-0.05, 0) is 60.7 Å². The lowest BCUT2D eigenvalue weighted by Crippen LogP contribution is -2.23. The van der Waals surface area contributed by atoms with Crippen LogP contribution in [0.25, 0.3) is 16.6 Å². The SMILES string of the molecule is O=C(CSc1nc2ccccc2c(=O)n1-c1ccccc1F)Nc1ccc(Oc2ccccc2)cc1. The molecule has 0 atom stereocenters. The second kappa shape index (κ2) is 10.5. The van der Waals surface area contributed by atoms with Gasteiger partial charge in [-0.3, -0.25) is 14.2 Å². The summed E-state index contributed by atoms with van der Waals surface area (Å²) in [5, 5.41) is 3.42. The first-order chi connectivity index (χ1) is 17.6. The number of nitrogens with one attached hydrogen (secondary N) is 1. The topological polar surface area (TPSA) is 73.2 Å². The molecule has 5 rings (SSSR count). The number of nitrogens with zero attached hydrogens (tertiary/aromatic N) is 2. The molecule has 0 spiro atoms. The molecule has 1 aromatic heterocycles. The second-order valence-electron chi connectivity index (χ2n) is 7.78. The number of thioether (sulfide) groups is 1. The highest BCUT2D eigenvalue weighted by Gasteiger charge is 2.17. The lowest BCUT2D eigenvalue weighted by atomic mass is 10.2. The Morgan fingerprint density at radius 1 is 0.861 bits per heavy atom. The van der Waals surface area contributed by atoms with Gasteiger partial charge in [-0.2, -0.15) is 0 Å². The number of benzene rings is 4. The van der Waals surface area contributed by atoms with E-state index in [1.54, 1.807) is 60.7 Å². The molecule has 0 aliphatic rings. The van der Waals surface area contributed by atoms with Gasteiger partial charge in [0, 0.05) is 5.69 Å². The zero-order chi connectivity index (χ0) is 24.9. The Bertz CT molecular complexity index is 1590. The van der Waals surface area contributed by atoms with E-state index in [1.807, 2.05) is 30.3 Å². The maximum absolute atomic E-state index is 14.6. The fourth-order valence-electron chi connectivity index (χ4n) is 3.61. The summed E-state index contributed by atoms with van der Waals surface area (Å²) >= 11 is 1.06. The van der Waals surface area contributed by atoms with Crippen molar-refractivity contribution in [3.63, 3.8) is 0 Å². The molecule has 5 aromatic rings. The highest BCUT2D eigenvalue weighted by molar-refractivity contribution is 7.99. The minimum atomic E-state index is -0.555. The fourth-order valence-corrected chi connectivity index (χ4v) is 4.42. The summed E-state index contributed by atoms with van der Waals surface area (Å²) in [6.45, 7) is 0.